The van der Waals surface area contributed by atoms with Gasteiger partial charge in [0.05, 0.1) is 26.9 Å². The average Bonchev–Trinajstić information content (AvgIpc) is 2.59. The minimum absolute atomic E-state index is 0.147. The second-order valence-corrected chi connectivity index (χ2v) is 6.55. The van der Waals surface area contributed by atoms with Gasteiger partial charge in [-0.25, -0.2) is 4.79 Å². The van der Waals surface area contributed by atoms with E-state index in [1.165, 1.54) is 21.3 Å². The molecule has 5 heteroatoms. The minimum Gasteiger partial charge on any atom is -0.493 e. The lowest BCUT2D eigenvalue weighted by Crippen LogP contribution is -2.16. The summed E-state index contributed by atoms with van der Waals surface area (Å²) in [6.07, 6.45) is 0. The van der Waals surface area contributed by atoms with Crippen molar-refractivity contribution in [3.8, 4) is 23.0 Å². The van der Waals surface area contributed by atoms with Crippen molar-refractivity contribution in [3.63, 3.8) is 0 Å². The first-order valence-corrected chi connectivity index (χ1v) is 7.93. The van der Waals surface area contributed by atoms with Crippen molar-refractivity contribution in [2.24, 2.45) is 0 Å². The summed E-state index contributed by atoms with van der Waals surface area (Å²) >= 11 is 0. The maximum absolute atomic E-state index is 12.7. The van der Waals surface area contributed by atoms with Crippen LogP contribution < -0.4 is 18.9 Å². The van der Waals surface area contributed by atoms with Crippen molar-refractivity contribution in [1.29, 1.82) is 0 Å². The van der Waals surface area contributed by atoms with Crippen molar-refractivity contribution < 1.29 is 23.7 Å². The largest absolute Gasteiger partial charge is 0.493 e. The molecule has 2 aromatic carbocycles. The number of methoxy groups -OCH3 is 3. The highest BCUT2D eigenvalue weighted by Crippen LogP contribution is 2.39. The fourth-order valence-electron chi connectivity index (χ4n) is 2.53. The van der Waals surface area contributed by atoms with Crippen LogP contribution in [-0.4, -0.2) is 27.3 Å². The van der Waals surface area contributed by atoms with Crippen LogP contribution in [0.5, 0.6) is 23.0 Å². The van der Waals surface area contributed by atoms with E-state index in [2.05, 4.69) is 20.8 Å². The number of ether oxygens (including phenoxy) is 4. The summed E-state index contributed by atoms with van der Waals surface area (Å²) in [5, 5.41) is 0. The highest BCUT2D eigenvalue weighted by molar-refractivity contribution is 5.93. The van der Waals surface area contributed by atoms with Gasteiger partial charge in [0.2, 0.25) is 5.75 Å². The molecule has 0 amide bonds. The molecule has 25 heavy (non-hydrogen) atoms. The smallest absolute Gasteiger partial charge is 0.343 e. The predicted octanol–water partition coefficient (Wildman–Crippen LogP) is 4.23. The number of rotatable bonds is 5. The van der Waals surface area contributed by atoms with E-state index in [1.54, 1.807) is 18.2 Å². The van der Waals surface area contributed by atoms with E-state index in [4.69, 9.17) is 18.9 Å². The van der Waals surface area contributed by atoms with Crippen molar-refractivity contribution in [2.45, 2.75) is 26.2 Å². The predicted molar refractivity (Wildman–Crippen MR) is 96.2 cm³/mol. The van der Waals surface area contributed by atoms with Crippen LogP contribution >= 0.6 is 0 Å². The number of carbonyl (C=O) groups is 1. The Morgan fingerprint density at radius 2 is 1.40 bits per heavy atom. The van der Waals surface area contributed by atoms with Crippen LogP contribution in [0, 0.1) is 0 Å². The summed E-state index contributed by atoms with van der Waals surface area (Å²) in [7, 11) is 4.51. The van der Waals surface area contributed by atoms with Gasteiger partial charge >= 0.3 is 5.97 Å². The SMILES string of the molecule is COc1cc(C(=O)Oc2ccccc2C(C)(C)C)cc(OC)c1OC. The normalized spacial score (nSPS) is 11.0. The van der Waals surface area contributed by atoms with E-state index in [-0.39, 0.29) is 5.41 Å². The van der Waals surface area contributed by atoms with Gasteiger partial charge in [0.15, 0.2) is 11.5 Å². The minimum atomic E-state index is -0.490. The number of esters is 1. The Morgan fingerprint density at radius 1 is 0.840 bits per heavy atom. The molecular formula is C20H24O5. The summed E-state index contributed by atoms with van der Waals surface area (Å²) in [5.74, 6) is 1.28. The van der Waals surface area contributed by atoms with Gasteiger partial charge < -0.3 is 18.9 Å². The van der Waals surface area contributed by atoms with Gasteiger partial charge in [-0.05, 0) is 23.6 Å². The zero-order valence-corrected chi connectivity index (χ0v) is 15.5. The zero-order valence-electron chi connectivity index (χ0n) is 15.5. The third kappa shape index (κ3) is 4.05. The lowest BCUT2D eigenvalue weighted by molar-refractivity contribution is 0.0731. The zero-order chi connectivity index (χ0) is 18.6. The summed E-state index contributed by atoms with van der Waals surface area (Å²) < 4.78 is 21.5. The molecule has 0 atom stereocenters. The molecule has 0 heterocycles. The Hall–Kier alpha value is -2.69. The van der Waals surface area contributed by atoms with E-state index < -0.39 is 5.97 Å². The lowest BCUT2D eigenvalue weighted by atomic mass is 9.86. The molecule has 2 aromatic rings. The molecule has 0 saturated heterocycles. The number of carbonyl (C=O) groups excluding carboxylic acids is 1. The van der Waals surface area contributed by atoms with E-state index in [0.717, 1.165) is 5.56 Å². The van der Waals surface area contributed by atoms with Crippen LogP contribution in [0.15, 0.2) is 36.4 Å². The van der Waals surface area contributed by atoms with Gasteiger partial charge in [-0.3, -0.25) is 0 Å². The quantitative estimate of drug-likeness (QED) is 0.600. The Balaban J connectivity index is 2.40. The van der Waals surface area contributed by atoms with Crippen LogP contribution in [0.25, 0.3) is 0 Å². The average molecular weight is 344 g/mol. The highest BCUT2D eigenvalue weighted by atomic mass is 16.5. The maximum atomic E-state index is 12.7. The van der Waals surface area contributed by atoms with E-state index in [0.29, 0.717) is 28.6 Å². The second kappa shape index (κ2) is 7.47. The fourth-order valence-corrected chi connectivity index (χ4v) is 2.53. The van der Waals surface area contributed by atoms with Gasteiger partial charge in [-0.15, -0.1) is 0 Å². The van der Waals surface area contributed by atoms with E-state index in [1.807, 2.05) is 18.2 Å². The first kappa shape index (κ1) is 18.6. The molecule has 0 bridgehead atoms. The van der Waals surface area contributed by atoms with E-state index >= 15 is 0 Å². The summed E-state index contributed by atoms with van der Waals surface area (Å²) in [4.78, 5) is 12.7. The van der Waals surface area contributed by atoms with Crippen LogP contribution in [-0.2, 0) is 5.41 Å². The van der Waals surface area contributed by atoms with Crippen LogP contribution in [0.4, 0.5) is 0 Å². The fraction of sp³-hybridized carbons (Fsp3) is 0.350. The van der Waals surface area contributed by atoms with Crippen LogP contribution in [0.1, 0.15) is 36.7 Å². The van der Waals surface area contributed by atoms with E-state index in [9.17, 15) is 4.79 Å². The molecule has 0 N–H and O–H groups in total. The Kier molecular flexibility index (Phi) is 5.57. The molecule has 2 rings (SSSR count). The molecule has 0 aliphatic heterocycles. The van der Waals surface area contributed by atoms with Crippen LogP contribution in [0.3, 0.4) is 0 Å². The Labute approximate surface area is 148 Å². The van der Waals surface area contributed by atoms with Gasteiger partial charge in [-0.2, -0.15) is 0 Å². The number of hydrogen-bond acceptors (Lipinski definition) is 5. The van der Waals surface area contributed by atoms with Crippen LogP contribution in [0.2, 0.25) is 0 Å². The molecule has 0 radical (unpaired) electrons. The highest BCUT2D eigenvalue weighted by Gasteiger charge is 2.22. The summed E-state index contributed by atoms with van der Waals surface area (Å²) in [5.41, 5.74) is 1.13. The molecule has 0 spiro atoms. The first-order valence-electron chi connectivity index (χ1n) is 7.93. The third-order valence-corrected chi connectivity index (χ3v) is 3.80. The lowest BCUT2D eigenvalue weighted by Gasteiger charge is -2.22. The van der Waals surface area contributed by atoms with Crippen molar-refractivity contribution in [1.82, 2.24) is 0 Å². The number of para-hydroxylation sites is 1. The Bertz CT molecular complexity index is 734. The Morgan fingerprint density at radius 3 is 1.88 bits per heavy atom. The van der Waals surface area contributed by atoms with Crippen molar-refractivity contribution in [3.05, 3.63) is 47.5 Å². The molecule has 0 aromatic heterocycles. The van der Waals surface area contributed by atoms with Crippen molar-refractivity contribution in [2.75, 3.05) is 21.3 Å². The number of benzene rings is 2. The molecule has 0 fully saturated rings. The monoisotopic (exact) mass is 344 g/mol. The molecule has 134 valence electrons. The second-order valence-electron chi connectivity index (χ2n) is 6.55. The molecule has 0 saturated carbocycles. The van der Waals surface area contributed by atoms with Gasteiger partial charge in [0.1, 0.15) is 5.75 Å². The topological polar surface area (TPSA) is 54.0 Å². The summed E-state index contributed by atoms with van der Waals surface area (Å²) in [6.45, 7) is 6.21. The maximum Gasteiger partial charge on any atom is 0.343 e. The molecule has 5 nitrogen and oxygen atoms in total. The molecule has 0 unspecified atom stereocenters. The van der Waals surface area contributed by atoms with Gasteiger partial charge in [0.25, 0.3) is 0 Å². The van der Waals surface area contributed by atoms with Gasteiger partial charge in [0, 0.05) is 5.56 Å². The first-order chi connectivity index (χ1) is 11.8. The molecule has 0 aliphatic carbocycles. The summed E-state index contributed by atoms with van der Waals surface area (Å²) in [6, 6.07) is 10.7. The standard InChI is InChI=1S/C20H24O5/c1-20(2,3)14-9-7-8-10-15(14)25-19(21)13-11-16(22-4)18(24-6)17(12-13)23-5/h7-12H,1-6H3. The molecule has 0 aliphatic rings. The third-order valence-electron chi connectivity index (χ3n) is 3.80. The molecular weight excluding hydrogens is 320 g/mol. The number of hydrogen-bond donors (Lipinski definition) is 0. The van der Waals surface area contributed by atoms with Crippen molar-refractivity contribution >= 4 is 5.97 Å². The van der Waals surface area contributed by atoms with Gasteiger partial charge in [-0.1, -0.05) is 39.0 Å².